The highest BCUT2D eigenvalue weighted by atomic mass is 16.4. The van der Waals surface area contributed by atoms with Crippen LogP contribution in [0.4, 0.5) is 0 Å². The third-order valence-electron chi connectivity index (χ3n) is 5.08. The summed E-state index contributed by atoms with van der Waals surface area (Å²) in [5.74, 6) is -1.33. The van der Waals surface area contributed by atoms with Crippen LogP contribution in [-0.4, -0.2) is 47.7 Å². The molecule has 0 radical (unpaired) electrons. The van der Waals surface area contributed by atoms with Crippen LogP contribution < -0.4 is 0 Å². The minimum Gasteiger partial charge on any atom is -0.480 e. The van der Waals surface area contributed by atoms with Gasteiger partial charge >= 0.3 is 5.97 Å². The number of carbonyl (C=O) groups excluding carboxylic acids is 1. The van der Waals surface area contributed by atoms with E-state index in [4.69, 9.17) is 0 Å². The van der Waals surface area contributed by atoms with E-state index >= 15 is 0 Å². The molecule has 2 aromatic heterocycles. The number of hydrogen-bond acceptors (Lipinski definition) is 4. The van der Waals surface area contributed by atoms with Gasteiger partial charge in [0.25, 0.3) is 5.91 Å². The Bertz CT molecular complexity index is 1030. The molecule has 8 nitrogen and oxygen atoms in total. The molecule has 144 valence electrons. The van der Waals surface area contributed by atoms with Crippen molar-refractivity contribution in [1.82, 2.24) is 24.6 Å². The Hall–Kier alpha value is -3.42. The first kappa shape index (κ1) is 18.0. The number of hydrogen-bond donors (Lipinski definition) is 2. The van der Waals surface area contributed by atoms with E-state index in [0.717, 1.165) is 22.6 Å². The third kappa shape index (κ3) is 3.28. The number of aryl methyl sites for hydroxylation is 2. The van der Waals surface area contributed by atoms with Crippen molar-refractivity contribution in [3.05, 3.63) is 70.6 Å². The van der Waals surface area contributed by atoms with Crippen molar-refractivity contribution in [3.63, 3.8) is 0 Å². The van der Waals surface area contributed by atoms with Gasteiger partial charge in [0.15, 0.2) is 0 Å². The van der Waals surface area contributed by atoms with Gasteiger partial charge in [-0.15, -0.1) is 0 Å². The Morgan fingerprint density at radius 2 is 2.00 bits per heavy atom. The summed E-state index contributed by atoms with van der Waals surface area (Å²) in [5.41, 5.74) is 5.01. The van der Waals surface area contributed by atoms with Gasteiger partial charge < -0.3 is 15.0 Å². The summed E-state index contributed by atoms with van der Waals surface area (Å²) in [7, 11) is 0. The minimum absolute atomic E-state index is 0.204. The molecule has 2 N–H and O–H groups in total. The summed E-state index contributed by atoms with van der Waals surface area (Å²) >= 11 is 0. The number of carboxylic acids is 1. The van der Waals surface area contributed by atoms with E-state index in [9.17, 15) is 14.7 Å². The van der Waals surface area contributed by atoms with Crippen LogP contribution in [0.5, 0.6) is 0 Å². The fourth-order valence-electron chi connectivity index (χ4n) is 3.60. The van der Waals surface area contributed by atoms with Crippen molar-refractivity contribution >= 4 is 11.9 Å². The highest BCUT2D eigenvalue weighted by Gasteiger charge is 2.36. The van der Waals surface area contributed by atoms with Gasteiger partial charge in [-0.1, -0.05) is 12.1 Å². The predicted octanol–water partition coefficient (Wildman–Crippen LogP) is 1.92. The number of rotatable bonds is 4. The molecular weight excluding hydrogens is 358 g/mol. The standard InChI is InChI=1S/C20H21N5O3/c1-12-7-13(2)25(23-12)9-14-3-5-15(6-4-14)19(26)24-10-17-16(21-11-22-17)8-18(24)20(27)28/h3-7,11,18H,8-10H2,1-2H3,(H,21,22)(H,27,28). The molecule has 0 bridgehead atoms. The number of imidazole rings is 1. The van der Waals surface area contributed by atoms with Crippen LogP contribution >= 0.6 is 0 Å². The second-order valence-electron chi connectivity index (χ2n) is 7.10. The van der Waals surface area contributed by atoms with E-state index in [-0.39, 0.29) is 18.9 Å². The van der Waals surface area contributed by atoms with Crippen LogP contribution in [0.2, 0.25) is 0 Å². The lowest BCUT2D eigenvalue weighted by Gasteiger charge is -2.32. The van der Waals surface area contributed by atoms with Crippen LogP contribution in [0.15, 0.2) is 36.7 Å². The van der Waals surface area contributed by atoms with E-state index < -0.39 is 12.0 Å². The summed E-state index contributed by atoms with van der Waals surface area (Å²) < 4.78 is 1.91. The first-order chi connectivity index (χ1) is 13.4. The minimum atomic E-state index is -1.02. The van der Waals surface area contributed by atoms with Crippen LogP contribution in [0.3, 0.4) is 0 Å². The maximum atomic E-state index is 13.0. The number of nitrogens with one attached hydrogen (secondary N) is 1. The van der Waals surface area contributed by atoms with Crippen molar-refractivity contribution < 1.29 is 14.7 Å². The number of aliphatic carboxylic acids is 1. The predicted molar refractivity (Wildman–Crippen MR) is 101 cm³/mol. The maximum Gasteiger partial charge on any atom is 0.326 e. The molecule has 1 amide bonds. The van der Waals surface area contributed by atoms with Crippen LogP contribution in [0.1, 0.15) is 38.7 Å². The average Bonchev–Trinajstić information content (AvgIpc) is 3.26. The third-order valence-corrected chi connectivity index (χ3v) is 5.08. The normalized spacial score (nSPS) is 16.1. The number of carboxylic acid groups (broad SMARTS) is 1. The fourth-order valence-corrected chi connectivity index (χ4v) is 3.60. The molecule has 0 saturated carbocycles. The summed E-state index contributed by atoms with van der Waals surface area (Å²) in [5, 5.41) is 14.0. The van der Waals surface area contributed by atoms with E-state index in [1.54, 1.807) is 12.1 Å². The molecule has 0 aliphatic carbocycles. The quantitative estimate of drug-likeness (QED) is 0.721. The van der Waals surface area contributed by atoms with Gasteiger partial charge in [-0.25, -0.2) is 9.78 Å². The number of H-pyrrole nitrogens is 1. The zero-order valence-electron chi connectivity index (χ0n) is 15.7. The average molecular weight is 379 g/mol. The largest absolute Gasteiger partial charge is 0.480 e. The van der Waals surface area contributed by atoms with E-state index in [1.165, 1.54) is 11.2 Å². The number of carbonyl (C=O) groups is 2. The molecule has 1 aliphatic rings. The Balaban J connectivity index is 1.54. The lowest BCUT2D eigenvalue weighted by atomic mass is 10.0. The molecule has 0 spiro atoms. The van der Waals surface area contributed by atoms with Gasteiger partial charge in [0.2, 0.25) is 0 Å². The SMILES string of the molecule is Cc1cc(C)n(Cc2ccc(C(=O)N3Cc4[nH]cnc4CC3C(=O)O)cc2)n1. The molecule has 1 aliphatic heterocycles. The molecule has 1 unspecified atom stereocenters. The molecule has 0 fully saturated rings. The lowest BCUT2D eigenvalue weighted by molar-refractivity contribution is -0.142. The van der Waals surface area contributed by atoms with Crippen molar-refractivity contribution in [2.75, 3.05) is 0 Å². The lowest BCUT2D eigenvalue weighted by Crippen LogP contribution is -2.48. The smallest absolute Gasteiger partial charge is 0.326 e. The maximum absolute atomic E-state index is 13.0. The van der Waals surface area contributed by atoms with Gasteiger partial charge in [-0.05, 0) is 37.6 Å². The number of aromatic nitrogens is 4. The first-order valence-electron chi connectivity index (χ1n) is 9.07. The van der Waals surface area contributed by atoms with Crippen LogP contribution in [0.25, 0.3) is 0 Å². The monoisotopic (exact) mass is 379 g/mol. The van der Waals surface area contributed by atoms with Gasteiger partial charge in [-0.2, -0.15) is 5.10 Å². The second kappa shape index (κ2) is 6.95. The molecule has 4 rings (SSSR count). The Kier molecular flexibility index (Phi) is 4.46. The molecule has 3 heterocycles. The molecular formula is C20H21N5O3. The number of benzene rings is 1. The van der Waals surface area contributed by atoms with Crippen LogP contribution in [-0.2, 0) is 24.3 Å². The summed E-state index contributed by atoms with van der Waals surface area (Å²) in [6.45, 7) is 4.78. The number of nitrogens with zero attached hydrogens (tertiary/aromatic N) is 4. The zero-order chi connectivity index (χ0) is 19.8. The van der Waals surface area contributed by atoms with Crippen molar-refractivity contribution in [1.29, 1.82) is 0 Å². The van der Waals surface area contributed by atoms with Gasteiger partial charge in [0.05, 0.1) is 36.5 Å². The molecule has 0 saturated heterocycles. The number of fused-ring (bicyclic) bond motifs is 1. The molecule has 3 aromatic rings. The highest BCUT2D eigenvalue weighted by molar-refractivity contribution is 5.97. The van der Waals surface area contributed by atoms with Crippen molar-refractivity contribution in [2.24, 2.45) is 0 Å². The highest BCUT2D eigenvalue weighted by Crippen LogP contribution is 2.23. The van der Waals surface area contributed by atoms with Crippen molar-refractivity contribution in [2.45, 2.75) is 39.4 Å². The number of amides is 1. The first-order valence-corrected chi connectivity index (χ1v) is 9.07. The van der Waals surface area contributed by atoms with Gasteiger partial charge in [0.1, 0.15) is 6.04 Å². The summed E-state index contributed by atoms with van der Waals surface area (Å²) in [6.07, 6.45) is 1.74. The molecule has 1 aromatic carbocycles. The van der Waals surface area contributed by atoms with E-state index in [0.29, 0.717) is 17.8 Å². The second-order valence-corrected chi connectivity index (χ2v) is 7.10. The summed E-state index contributed by atoms with van der Waals surface area (Å²) in [6, 6.07) is 8.34. The Morgan fingerprint density at radius 1 is 1.25 bits per heavy atom. The van der Waals surface area contributed by atoms with E-state index in [1.807, 2.05) is 36.7 Å². The molecule has 1 atom stereocenters. The van der Waals surface area contributed by atoms with Crippen LogP contribution in [0, 0.1) is 13.8 Å². The molecule has 8 heteroatoms. The van der Waals surface area contributed by atoms with E-state index in [2.05, 4.69) is 15.1 Å². The van der Waals surface area contributed by atoms with Crippen molar-refractivity contribution in [3.8, 4) is 0 Å². The zero-order valence-corrected chi connectivity index (χ0v) is 15.7. The van der Waals surface area contributed by atoms with Gasteiger partial charge in [-0.3, -0.25) is 9.48 Å². The number of aromatic amines is 1. The molecule has 28 heavy (non-hydrogen) atoms. The van der Waals surface area contributed by atoms with Gasteiger partial charge in [0, 0.05) is 17.7 Å². The Morgan fingerprint density at radius 3 is 2.64 bits per heavy atom. The fraction of sp³-hybridized carbons (Fsp3) is 0.300. The topological polar surface area (TPSA) is 104 Å². The Labute approximate surface area is 161 Å². The summed E-state index contributed by atoms with van der Waals surface area (Å²) in [4.78, 5) is 33.2.